The van der Waals surface area contributed by atoms with Gasteiger partial charge in [-0.3, -0.25) is 4.79 Å². The first-order valence-corrected chi connectivity index (χ1v) is 6.51. The Kier molecular flexibility index (Phi) is 2.75. The number of carbonyl (C=O) groups is 1. The van der Waals surface area contributed by atoms with Gasteiger partial charge in [0.2, 0.25) is 9.97 Å². The molecule has 3 rings (SSSR count). The molecule has 3 aromatic rings. The molecular formula is C12H11N5OS. The Morgan fingerprint density at radius 3 is 3.00 bits per heavy atom. The van der Waals surface area contributed by atoms with Crippen molar-refractivity contribution in [2.45, 2.75) is 13.8 Å². The second kappa shape index (κ2) is 4.43. The van der Waals surface area contributed by atoms with E-state index in [-0.39, 0.29) is 5.91 Å². The molecule has 7 heteroatoms. The standard InChI is InChI=1S/C12H11N5OS/c1-7-4-3-5-9(8(7)2)14-10(18)11-16-17-6-13-15-12(17)19-11/h3-6H,1-2H3,(H,14,18). The summed E-state index contributed by atoms with van der Waals surface area (Å²) in [5, 5.41) is 14.9. The Morgan fingerprint density at radius 1 is 1.37 bits per heavy atom. The number of fused-ring (bicyclic) bond motifs is 1. The fourth-order valence-corrected chi connectivity index (χ4v) is 2.43. The maximum absolute atomic E-state index is 12.1. The van der Waals surface area contributed by atoms with Crippen molar-refractivity contribution in [3.05, 3.63) is 40.7 Å². The molecule has 0 unspecified atom stereocenters. The van der Waals surface area contributed by atoms with Crippen molar-refractivity contribution in [3.63, 3.8) is 0 Å². The zero-order valence-electron chi connectivity index (χ0n) is 10.4. The van der Waals surface area contributed by atoms with E-state index in [1.54, 1.807) is 0 Å². The molecule has 1 N–H and O–H groups in total. The van der Waals surface area contributed by atoms with Gasteiger partial charge >= 0.3 is 0 Å². The lowest BCUT2D eigenvalue weighted by Gasteiger charge is -2.08. The summed E-state index contributed by atoms with van der Waals surface area (Å²) in [6.07, 6.45) is 1.47. The number of anilines is 1. The Hall–Kier alpha value is -2.28. The molecule has 0 aliphatic rings. The van der Waals surface area contributed by atoms with Crippen molar-refractivity contribution in [1.29, 1.82) is 0 Å². The first kappa shape index (κ1) is 11.8. The van der Waals surface area contributed by atoms with Crippen LogP contribution in [-0.4, -0.2) is 25.7 Å². The fraction of sp³-hybridized carbons (Fsp3) is 0.167. The van der Waals surface area contributed by atoms with Crippen molar-refractivity contribution < 1.29 is 4.79 Å². The minimum Gasteiger partial charge on any atom is -0.320 e. The molecule has 2 heterocycles. The lowest BCUT2D eigenvalue weighted by atomic mass is 10.1. The lowest BCUT2D eigenvalue weighted by Crippen LogP contribution is -2.13. The Labute approximate surface area is 113 Å². The summed E-state index contributed by atoms with van der Waals surface area (Å²) < 4.78 is 1.49. The Morgan fingerprint density at radius 2 is 2.21 bits per heavy atom. The molecule has 0 fully saturated rings. The number of aromatic nitrogens is 4. The quantitative estimate of drug-likeness (QED) is 0.775. The van der Waals surface area contributed by atoms with E-state index in [1.807, 2.05) is 32.0 Å². The number of nitrogens with zero attached hydrogens (tertiary/aromatic N) is 4. The average molecular weight is 273 g/mol. The molecule has 1 aromatic carbocycles. The van der Waals surface area contributed by atoms with Gasteiger partial charge in [-0.25, -0.2) is 0 Å². The third-order valence-corrected chi connectivity index (χ3v) is 3.85. The van der Waals surface area contributed by atoms with E-state index in [9.17, 15) is 4.79 Å². The molecule has 1 amide bonds. The van der Waals surface area contributed by atoms with Crippen LogP contribution in [0.2, 0.25) is 0 Å². The molecule has 19 heavy (non-hydrogen) atoms. The highest BCUT2D eigenvalue weighted by Gasteiger charge is 2.14. The second-order valence-electron chi connectivity index (χ2n) is 4.17. The van der Waals surface area contributed by atoms with Gasteiger partial charge in [0.15, 0.2) is 0 Å². The number of aryl methyl sites for hydroxylation is 1. The van der Waals surface area contributed by atoms with Crippen molar-refractivity contribution in [2.75, 3.05) is 5.32 Å². The molecule has 0 aliphatic carbocycles. The number of carbonyl (C=O) groups excluding carboxylic acids is 1. The van der Waals surface area contributed by atoms with Gasteiger partial charge in [-0.15, -0.1) is 15.3 Å². The molecule has 0 saturated carbocycles. The van der Waals surface area contributed by atoms with Crippen LogP contribution < -0.4 is 5.32 Å². The highest BCUT2D eigenvalue weighted by atomic mass is 32.1. The van der Waals surface area contributed by atoms with Crippen LogP contribution in [-0.2, 0) is 0 Å². The fourth-order valence-electron chi connectivity index (χ4n) is 1.71. The number of nitrogens with one attached hydrogen (secondary N) is 1. The van der Waals surface area contributed by atoms with Crippen LogP contribution in [0, 0.1) is 13.8 Å². The predicted octanol–water partition coefficient (Wildman–Crippen LogP) is 2.05. The molecular weight excluding hydrogens is 262 g/mol. The molecule has 96 valence electrons. The summed E-state index contributed by atoms with van der Waals surface area (Å²) in [6.45, 7) is 3.98. The Bertz CT molecular complexity index is 732. The third-order valence-electron chi connectivity index (χ3n) is 2.93. The van der Waals surface area contributed by atoms with Crippen LogP contribution in [0.25, 0.3) is 4.96 Å². The first-order valence-electron chi connectivity index (χ1n) is 5.69. The van der Waals surface area contributed by atoms with Crippen LogP contribution in [0.15, 0.2) is 24.5 Å². The number of hydrogen-bond donors (Lipinski definition) is 1. The summed E-state index contributed by atoms with van der Waals surface area (Å²) in [6, 6.07) is 5.80. The van der Waals surface area contributed by atoms with Crippen LogP contribution >= 0.6 is 11.3 Å². The number of rotatable bonds is 2. The van der Waals surface area contributed by atoms with Gasteiger partial charge in [-0.1, -0.05) is 23.5 Å². The van der Waals surface area contributed by atoms with Crippen molar-refractivity contribution >= 4 is 27.9 Å². The minimum absolute atomic E-state index is 0.232. The van der Waals surface area contributed by atoms with E-state index in [2.05, 4.69) is 20.6 Å². The van der Waals surface area contributed by atoms with Crippen molar-refractivity contribution in [3.8, 4) is 0 Å². The van der Waals surface area contributed by atoms with E-state index in [4.69, 9.17) is 0 Å². The molecule has 0 radical (unpaired) electrons. The van der Waals surface area contributed by atoms with Gasteiger partial charge in [0.1, 0.15) is 6.33 Å². The largest absolute Gasteiger partial charge is 0.320 e. The third kappa shape index (κ3) is 2.08. The summed E-state index contributed by atoms with van der Waals surface area (Å²) in [5.41, 5.74) is 2.99. The summed E-state index contributed by atoms with van der Waals surface area (Å²) in [4.78, 5) is 12.7. The van der Waals surface area contributed by atoms with Crippen LogP contribution in [0.5, 0.6) is 0 Å². The highest BCUT2D eigenvalue weighted by Crippen LogP contribution is 2.20. The van der Waals surface area contributed by atoms with E-state index in [0.29, 0.717) is 9.97 Å². The normalized spacial score (nSPS) is 10.8. The molecule has 6 nitrogen and oxygen atoms in total. The maximum Gasteiger partial charge on any atom is 0.286 e. The maximum atomic E-state index is 12.1. The summed E-state index contributed by atoms with van der Waals surface area (Å²) in [7, 11) is 0. The van der Waals surface area contributed by atoms with Crippen molar-refractivity contribution in [2.24, 2.45) is 0 Å². The van der Waals surface area contributed by atoms with Gasteiger partial charge in [0, 0.05) is 5.69 Å². The van der Waals surface area contributed by atoms with E-state index in [1.165, 1.54) is 22.2 Å². The number of amides is 1. The average Bonchev–Trinajstić information content (AvgIpc) is 2.95. The number of hydrogen-bond acceptors (Lipinski definition) is 5. The lowest BCUT2D eigenvalue weighted by molar-refractivity contribution is 0.102. The highest BCUT2D eigenvalue weighted by molar-refractivity contribution is 7.18. The molecule has 0 atom stereocenters. The van der Waals surface area contributed by atoms with Crippen LogP contribution in [0.3, 0.4) is 0 Å². The number of benzene rings is 1. The Balaban J connectivity index is 1.89. The van der Waals surface area contributed by atoms with E-state index >= 15 is 0 Å². The SMILES string of the molecule is Cc1cccc(NC(=O)c2nn3cnnc3s2)c1C. The van der Waals surface area contributed by atoms with Crippen LogP contribution in [0.1, 0.15) is 20.9 Å². The second-order valence-corrected chi connectivity index (χ2v) is 5.12. The van der Waals surface area contributed by atoms with Gasteiger partial charge in [0.05, 0.1) is 0 Å². The predicted molar refractivity (Wildman–Crippen MR) is 72.5 cm³/mol. The summed E-state index contributed by atoms with van der Waals surface area (Å²) >= 11 is 1.21. The molecule has 2 aromatic heterocycles. The smallest absolute Gasteiger partial charge is 0.286 e. The first-order chi connectivity index (χ1) is 9.15. The van der Waals surface area contributed by atoms with Gasteiger partial charge in [-0.2, -0.15) is 4.52 Å². The molecule has 0 aliphatic heterocycles. The van der Waals surface area contributed by atoms with E-state index in [0.717, 1.165) is 16.8 Å². The minimum atomic E-state index is -0.232. The topological polar surface area (TPSA) is 72.2 Å². The molecule has 0 bridgehead atoms. The van der Waals surface area contributed by atoms with Gasteiger partial charge in [0.25, 0.3) is 5.91 Å². The molecule has 0 saturated heterocycles. The van der Waals surface area contributed by atoms with Gasteiger partial charge in [-0.05, 0) is 31.0 Å². The van der Waals surface area contributed by atoms with E-state index < -0.39 is 0 Å². The monoisotopic (exact) mass is 273 g/mol. The van der Waals surface area contributed by atoms with Gasteiger partial charge < -0.3 is 5.32 Å². The van der Waals surface area contributed by atoms with Crippen LogP contribution in [0.4, 0.5) is 5.69 Å². The van der Waals surface area contributed by atoms with Crippen molar-refractivity contribution in [1.82, 2.24) is 19.8 Å². The molecule has 0 spiro atoms. The summed E-state index contributed by atoms with van der Waals surface area (Å²) in [5.74, 6) is -0.232. The zero-order valence-corrected chi connectivity index (χ0v) is 11.2. The zero-order chi connectivity index (χ0) is 13.4.